The average Bonchev–Trinajstić information content (AvgIpc) is 2.38. The van der Waals surface area contributed by atoms with Gasteiger partial charge in [0.2, 0.25) is 5.91 Å². The number of nitrogens with two attached hydrogens (primary N) is 1. The summed E-state index contributed by atoms with van der Waals surface area (Å²) in [6, 6.07) is 8.15. The van der Waals surface area contributed by atoms with Crippen molar-refractivity contribution < 1.29 is 4.79 Å². The minimum Gasteiger partial charge on any atom is -0.348 e. The van der Waals surface area contributed by atoms with Gasteiger partial charge >= 0.3 is 0 Å². The molecule has 0 bridgehead atoms. The maximum Gasteiger partial charge on any atom is 0.240 e. The van der Waals surface area contributed by atoms with Crippen molar-refractivity contribution >= 4 is 5.91 Å². The number of nitrogens with one attached hydrogen (secondary N) is 1. The van der Waals surface area contributed by atoms with Crippen LogP contribution in [0.1, 0.15) is 56.7 Å². The van der Waals surface area contributed by atoms with E-state index in [-0.39, 0.29) is 11.9 Å². The van der Waals surface area contributed by atoms with Crippen LogP contribution in [0, 0.1) is 12.8 Å². The Morgan fingerprint density at radius 3 is 2.80 bits per heavy atom. The van der Waals surface area contributed by atoms with E-state index in [1.165, 1.54) is 12.0 Å². The lowest BCUT2D eigenvalue weighted by atomic mass is 9.76. The summed E-state index contributed by atoms with van der Waals surface area (Å²) in [6.07, 6.45) is 3.81. The van der Waals surface area contributed by atoms with Gasteiger partial charge in [0.05, 0.1) is 11.6 Å². The maximum atomic E-state index is 12.5. The molecule has 3 heteroatoms. The molecule has 1 aliphatic rings. The van der Waals surface area contributed by atoms with Crippen molar-refractivity contribution in [1.29, 1.82) is 0 Å². The molecule has 0 aromatic heterocycles. The second-order valence-corrected chi connectivity index (χ2v) is 6.41. The highest BCUT2D eigenvalue weighted by atomic mass is 16.2. The summed E-state index contributed by atoms with van der Waals surface area (Å²) in [5.41, 5.74) is 8.02. The third-order valence-electron chi connectivity index (χ3n) is 4.49. The van der Waals surface area contributed by atoms with Crippen LogP contribution in [0.2, 0.25) is 0 Å². The van der Waals surface area contributed by atoms with Crippen molar-refractivity contribution in [2.45, 2.75) is 58.0 Å². The predicted molar refractivity (Wildman–Crippen MR) is 82.3 cm³/mol. The van der Waals surface area contributed by atoms with E-state index in [2.05, 4.69) is 31.3 Å². The molecule has 1 fully saturated rings. The Morgan fingerprint density at radius 2 is 2.15 bits per heavy atom. The lowest BCUT2D eigenvalue weighted by Gasteiger charge is -2.36. The van der Waals surface area contributed by atoms with Crippen LogP contribution in [0.3, 0.4) is 0 Å². The Morgan fingerprint density at radius 1 is 1.45 bits per heavy atom. The Labute approximate surface area is 121 Å². The average molecular weight is 274 g/mol. The molecule has 3 unspecified atom stereocenters. The number of carbonyl (C=O) groups excluding carboxylic acids is 1. The molecule has 1 aliphatic carbocycles. The highest BCUT2D eigenvalue weighted by molar-refractivity contribution is 5.86. The van der Waals surface area contributed by atoms with Gasteiger partial charge in [0, 0.05) is 0 Å². The standard InChI is InChI=1S/C17H26N2O/c1-12-7-6-10-17(18,11-12)16(20)19-14(3)15-9-5-4-8-13(15)2/h4-5,8-9,12,14H,6-7,10-11,18H2,1-3H3,(H,19,20). The molecule has 0 heterocycles. The van der Waals surface area contributed by atoms with Crippen LogP contribution in [0.5, 0.6) is 0 Å². The van der Waals surface area contributed by atoms with E-state index < -0.39 is 5.54 Å². The van der Waals surface area contributed by atoms with E-state index in [9.17, 15) is 4.79 Å². The van der Waals surface area contributed by atoms with E-state index in [0.717, 1.165) is 24.8 Å². The largest absolute Gasteiger partial charge is 0.348 e. The summed E-state index contributed by atoms with van der Waals surface area (Å²) >= 11 is 0. The minimum atomic E-state index is -0.686. The van der Waals surface area contributed by atoms with Crippen LogP contribution in [0.15, 0.2) is 24.3 Å². The zero-order valence-corrected chi connectivity index (χ0v) is 12.8. The summed E-state index contributed by atoms with van der Waals surface area (Å²) in [5, 5.41) is 3.10. The lowest BCUT2D eigenvalue weighted by molar-refractivity contribution is -0.128. The van der Waals surface area contributed by atoms with Crippen molar-refractivity contribution in [2.75, 3.05) is 0 Å². The Hall–Kier alpha value is -1.35. The molecule has 2 rings (SSSR count). The van der Waals surface area contributed by atoms with Crippen molar-refractivity contribution in [3.05, 3.63) is 35.4 Å². The molecule has 0 radical (unpaired) electrons. The van der Waals surface area contributed by atoms with Crippen molar-refractivity contribution in [1.82, 2.24) is 5.32 Å². The van der Waals surface area contributed by atoms with Crippen LogP contribution in [0.4, 0.5) is 0 Å². The second-order valence-electron chi connectivity index (χ2n) is 6.41. The van der Waals surface area contributed by atoms with E-state index in [4.69, 9.17) is 5.73 Å². The van der Waals surface area contributed by atoms with Gasteiger partial charge in [0.15, 0.2) is 0 Å². The van der Waals surface area contributed by atoms with Gasteiger partial charge < -0.3 is 11.1 Å². The van der Waals surface area contributed by atoms with E-state index in [1.54, 1.807) is 0 Å². The fraction of sp³-hybridized carbons (Fsp3) is 0.588. The van der Waals surface area contributed by atoms with E-state index >= 15 is 0 Å². The SMILES string of the molecule is Cc1ccccc1C(C)NC(=O)C1(N)CCCC(C)C1. The van der Waals surface area contributed by atoms with Gasteiger partial charge in [-0.05, 0) is 43.7 Å². The fourth-order valence-electron chi connectivity index (χ4n) is 3.29. The Bertz CT molecular complexity index is 486. The zero-order chi connectivity index (χ0) is 14.8. The number of rotatable bonds is 3. The topological polar surface area (TPSA) is 55.1 Å². The zero-order valence-electron chi connectivity index (χ0n) is 12.8. The highest BCUT2D eigenvalue weighted by Crippen LogP contribution is 2.31. The quantitative estimate of drug-likeness (QED) is 0.890. The summed E-state index contributed by atoms with van der Waals surface area (Å²) in [5.74, 6) is 0.535. The summed E-state index contributed by atoms with van der Waals surface area (Å²) in [6.45, 7) is 6.27. The molecule has 0 aliphatic heterocycles. The first kappa shape index (κ1) is 15.0. The third-order valence-corrected chi connectivity index (χ3v) is 4.49. The molecule has 3 atom stereocenters. The fourth-order valence-corrected chi connectivity index (χ4v) is 3.29. The Balaban J connectivity index is 2.06. The predicted octanol–water partition coefficient (Wildman–Crippen LogP) is 3.08. The molecule has 0 saturated heterocycles. The number of hydrogen-bond acceptors (Lipinski definition) is 2. The van der Waals surface area contributed by atoms with Crippen molar-refractivity contribution in [3.63, 3.8) is 0 Å². The number of hydrogen-bond donors (Lipinski definition) is 2. The molecule has 110 valence electrons. The molecule has 3 N–H and O–H groups in total. The van der Waals surface area contributed by atoms with Crippen molar-refractivity contribution in [2.24, 2.45) is 11.7 Å². The van der Waals surface area contributed by atoms with E-state index in [0.29, 0.717) is 5.92 Å². The van der Waals surface area contributed by atoms with Crippen LogP contribution in [0.25, 0.3) is 0 Å². The normalized spacial score (nSPS) is 27.9. The van der Waals surface area contributed by atoms with Gasteiger partial charge in [-0.15, -0.1) is 0 Å². The molecule has 1 aromatic rings. The molecule has 1 saturated carbocycles. The first-order valence-corrected chi connectivity index (χ1v) is 7.58. The highest BCUT2D eigenvalue weighted by Gasteiger charge is 2.38. The van der Waals surface area contributed by atoms with Crippen LogP contribution in [-0.4, -0.2) is 11.4 Å². The van der Waals surface area contributed by atoms with Gasteiger partial charge in [-0.25, -0.2) is 0 Å². The van der Waals surface area contributed by atoms with Crippen LogP contribution >= 0.6 is 0 Å². The first-order valence-electron chi connectivity index (χ1n) is 7.58. The van der Waals surface area contributed by atoms with Gasteiger partial charge in [0.25, 0.3) is 0 Å². The maximum absolute atomic E-state index is 12.5. The second kappa shape index (κ2) is 5.96. The number of amides is 1. The number of aryl methyl sites for hydroxylation is 1. The Kier molecular flexibility index (Phi) is 4.48. The summed E-state index contributed by atoms with van der Waals surface area (Å²) in [4.78, 5) is 12.5. The number of benzene rings is 1. The molecule has 1 aromatic carbocycles. The minimum absolute atomic E-state index is 0.000182. The van der Waals surface area contributed by atoms with Crippen LogP contribution in [-0.2, 0) is 4.79 Å². The summed E-state index contributed by atoms with van der Waals surface area (Å²) < 4.78 is 0. The van der Waals surface area contributed by atoms with Gasteiger partial charge in [-0.3, -0.25) is 4.79 Å². The smallest absolute Gasteiger partial charge is 0.240 e. The third kappa shape index (κ3) is 3.21. The molecule has 1 amide bonds. The first-order chi connectivity index (χ1) is 9.42. The van der Waals surface area contributed by atoms with Gasteiger partial charge in [-0.1, -0.05) is 44.0 Å². The van der Waals surface area contributed by atoms with E-state index in [1.807, 2.05) is 19.1 Å². The molecule has 0 spiro atoms. The summed E-state index contributed by atoms with van der Waals surface area (Å²) in [7, 11) is 0. The van der Waals surface area contributed by atoms with Gasteiger partial charge in [-0.2, -0.15) is 0 Å². The van der Waals surface area contributed by atoms with Crippen molar-refractivity contribution in [3.8, 4) is 0 Å². The molecule has 20 heavy (non-hydrogen) atoms. The molecule has 3 nitrogen and oxygen atoms in total. The van der Waals surface area contributed by atoms with Gasteiger partial charge in [0.1, 0.15) is 0 Å². The molecular formula is C17H26N2O. The van der Waals surface area contributed by atoms with Crippen LogP contribution < -0.4 is 11.1 Å². The molecular weight excluding hydrogens is 248 g/mol. The lowest BCUT2D eigenvalue weighted by Crippen LogP contribution is -2.56. The monoisotopic (exact) mass is 274 g/mol. The number of carbonyl (C=O) groups is 1.